The highest BCUT2D eigenvalue weighted by atomic mass is 32.1. The number of nitrogens with one attached hydrogen (secondary N) is 1. The highest BCUT2D eigenvalue weighted by Crippen LogP contribution is 2.35. The van der Waals surface area contributed by atoms with Crippen LogP contribution >= 0.6 is 22.7 Å². The van der Waals surface area contributed by atoms with Crippen molar-refractivity contribution in [3.63, 3.8) is 0 Å². The molecule has 0 spiro atoms. The Bertz CT molecular complexity index is 695. The summed E-state index contributed by atoms with van der Waals surface area (Å²) < 4.78 is 7.07. The number of rotatable bonds is 2. The average molecular weight is 302 g/mol. The van der Waals surface area contributed by atoms with Gasteiger partial charge in [0.15, 0.2) is 0 Å². The second-order valence-electron chi connectivity index (χ2n) is 4.78. The number of thiophene rings is 1. The minimum Gasteiger partial charge on any atom is -0.368 e. The third-order valence-corrected chi connectivity index (χ3v) is 5.48. The Labute approximate surface area is 125 Å². The molecular weight excluding hydrogens is 288 g/mol. The lowest BCUT2D eigenvalue weighted by molar-refractivity contribution is 0.0276. The second kappa shape index (κ2) is 5.26. The van der Waals surface area contributed by atoms with E-state index in [1.807, 2.05) is 0 Å². The molecule has 20 heavy (non-hydrogen) atoms. The molecule has 0 amide bonds. The van der Waals surface area contributed by atoms with E-state index in [1.54, 1.807) is 22.7 Å². The quantitative estimate of drug-likeness (QED) is 0.784. The minimum atomic E-state index is 0.108. The van der Waals surface area contributed by atoms with Crippen LogP contribution in [0, 0.1) is 0 Å². The third-order valence-electron chi connectivity index (χ3n) is 3.40. The Morgan fingerprint density at radius 3 is 3.10 bits per heavy atom. The van der Waals surface area contributed by atoms with Gasteiger partial charge in [-0.2, -0.15) is 0 Å². The normalized spacial score (nSPS) is 19.5. The van der Waals surface area contributed by atoms with E-state index >= 15 is 0 Å². The zero-order valence-electron chi connectivity index (χ0n) is 10.8. The first-order chi connectivity index (χ1) is 9.90. The van der Waals surface area contributed by atoms with Gasteiger partial charge in [0.1, 0.15) is 11.1 Å². The Morgan fingerprint density at radius 2 is 2.25 bits per heavy atom. The molecule has 3 heterocycles. The van der Waals surface area contributed by atoms with Crippen molar-refractivity contribution in [3.05, 3.63) is 40.7 Å². The molecule has 1 N–H and O–H groups in total. The Balaban J connectivity index is 1.66. The predicted molar refractivity (Wildman–Crippen MR) is 84.5 cm³/mol. The van der Waals surface area contributed by atoms with Crippen molar-refractivity contribution in [2.75, 3.05) is 19.7 Å². The van der Waals surface area contributed by atoms with Crippen molar-refractivity contribution in [2.24, 2.45) is 0 Å². The van der Waals surface area contributed by atoms with E-state index in [0.717, 1.165) is 30.4 Å². The molecule has 1 atom stereocenters. The molecule has 1 saturated heterocycles. The second-order valence-corrected chi connectivity index (χ2v) is 6.76. The van der Waals surface area contributed by atoms with Gasteiger partial charge in [-0.1, -0.05) is 18.2 Å². The smallest absolute Gasteiger partial charge is 0.124 e. The van der Waals surface area contributed by atoms with E-state index in [-0.39, 0.29) is 6.10 Å². The molecule has 5 heteroatoms. The molecule has 3 nitrogen and oxygen atoms in total. The number of thiazole rings is 1. The van der Waals surface area contributed by atoms with Gasteiger partial charge in [-0.05, 0) is 17.5 Å². The molecule has 0 aliphatic carbocycles. The summed E-state index contributed by atoms with van der Waals surface area (Å²) in [5, 5.41) is 7.85. The number of benzene rings is 1. The van der Waals surface area contributed by atoms with Gasteiger partial charge in [0.05, 0.1) is 17.2 Å². The first-order valence-electron chi connectivity index (χ1n) is 6.67. The fraction of sp³-hybridized carbons (Fsp3) is 0.267. The van der Waals surface area contributed by atoms with Gasteiger partial charge < -0.3 is 10.1 Å². The van der Waals surface area contributed by atoms with Gasteiger partial charge >= 0.3 is 0 Å². The SMILES string of the molecule is c1ccc2sc(-c3csc(C4CNCCO4)n3)cc2c1. The predicted octanol–water partition coefficient (Wildman–Crippen LogP) is 3.69. The number of aromatic nitrogens is 1. The Kier molecular flexibility index (Phi) is 3.28. The van der Waals surface area contributed by atoms with Crippen LogP contribution in [0.15, 0.2) is 35.7 Å². The number of hydrogen-bond acceptors (Lipinski definition) is 5. The van der Waals surface area contributed by atoms with E-state index < -0.39 is 0 Å². The largest absolute Gasteiger partial charge is 0.368 e. The van der Waals surface area contributed by atoms with Gasteiger partial charge in [0.2, 0.25) is 0 Å². The maximum atomic E-state index is 5.76. The van der Waals surface area contributed by atoms with Crippen molar-refractivity contribution < 1.29 is 4.74 Å². The van der Waals surface area contributed by atoms with E-state index in [9.17, 15) is 0 Å². The molecule has 102 valence electrons. The van der Waals surface area contributed by atoms with Crippen LogP contribution in [0.3, 0.4) is 0 Å². The van der Waals surface area contributed by atoms with Crippen LogP contribution in [-0.2, 0) is 4.74 Å². The molecular formula is C15H14N2OS2. The van der Waals surface area contributed by atoms with Gasteiger partial charge in [-0.25, -0.2) is 4.98 Å². The van der Waals surface area contributed by atoms with Crippen LogP contribution < -0.4 is 5.32 Å². The Morgan fingerprint density at radius 1 is 1.30 bits per heavy atom. The van der Waals surface area contributed by atoms with Gasteiger partial charge in [-0.3, -0.25) is 0 Å². The van der Waals surface area contributed by atoms with E-state index in [1.165, 1.54) is 15.0 Å². The fourth-order valence-corrected chi connectivity index (χ4v) is 4.35. The molecule has 0 bridgehead atoms. The number of hydrogen-bond donors (Lipinski definition) is 1. The lowest BCUT2D eigenvalue weighted by Gasteiger charge is -2.21. The molecule has 4 rings (SSSR count). The van der Waals surface area contributed by atoms with E-state index in [2.05, 4.69) is 41.0 Å². The van der Waals surface area contributed by atoms with Crippen LogP contribution in [0.1, 0.15) is 11.1 Å². The summed E-state index contributed by atoms with van der Waals surface area (Å²) in [6.45, 7) is 2.56. The summed E-state index contributed by atoms with van der Waals surface area (Å²) in [5.74, 6) is 0. The van der Waals surface area contributed by atoms with Gasteiger partial charge in [0.25, 0.3) is 0 Å². The zero-order chi connectivity index (χ0) is 13.4. The van der Waals surface area contributed by atoms with E-state index in [0.29, 0.717) is 0 Å². The van der Waals surface area contributed by atoms with Crippen LogP contribution in [0.25, 0.3) is 20.7 Å². The molecule has 1 fully saturated rings. The summed E-state index contributed by atoms with van der Waals surface area (Å²) in [5.41, 5.74) is 1.07. The van der Waals surface area contributed by atoms with Crippen molar-refractivity contribution in [3.8, 4) is 10.6 Å². The fourth-order valence-electron chi connectivity index (χ4n) is 2.38. The van der Waals surface area contributed by atoms with Crippen molar-refractivity contribution in [1.82, 2.24) is 10.3 Å². The summed E-state index contributed by atoms with van der Waals surface area (Å²) in [6, 6.07) is 10.7. The highest BCUT2D eigenvalue weighted by molar-refractivity contribution is 7.22. The zero-order valence-corrected chi connectivity index (χ0v) is 12.5. The first kappa shape index (κ1) is 12.5. The average Bonchev–Trinajstić information content (AvgIpc) is 3.14. The number of ether oxygens (including phenoxy) is 1. The van der Waals surface area contributed by atoms with Gasteiger partial charge in [-0.15, -0.1) is 22.7 Å². The number of fused-ring (bicyclic) bond motifs is 1. The summed E-state index contributed by atoms with van der Waals surface area (Å²) in [4.78, 5) is 6.00. The van der Waals surface area contributed by atoms with Crippen molar-refractivity contribution in [1.29, 1.82) is 0 Å². The maximum absolute atomic E-state index is 5.76. The molecule has 1 aromatic carbocycles. The van der Waals surface area contributed by atoms with E-state index in [4.69, 9.17) is 9.72 Å². The topological polar surface area (TPSA) is 34.1 Å². The first-order valence-corrected chi connectivity index (χ1v) is 8.36. The molecule has 3 aromatic rings. The molecule has 1 aliphatic heterocycles. The lowest BCUT2D eigenvalue weighted by Crippen LogP contribution is -2.33. The minimum absolute atomic E-state index is 0.108. The van der Waals surface area contributed by atoms with Crippen LogP contribution in [0.4, 0.5) is 0 Å². The molecule has 0 saturated carbocycles. The number of nitrogens with zero attached hydrogens (tertiary/aromatic N) is 1. The molecule has 1 unspecified atom stereocenters. The summed E-state index contributed by atoms with van der Waals surface area (Å²) >= 11 is 3.49. The summed E-state index contributed by atoms with van der Waals surface area (Å²) in [7, 11) is 0. The van der Waals surface area contributed by atoms with Crippen LogP contribution in [0.5, 0.6) is 0 Å². The Hall–Kier alpha value is -1.27. The lowest BCUT2D eigenvalue weighted by atomic mass is 10.2. The number of morpholine rings is 1. The molecule has 0 radical (unpaired) electrons. The standard InChI is InChI=1S/C15H14N2OS2/c1-2-4-13-10(3-1)7-14(20-13)11-9-19-15(17-11)12-8-16-5-6-18-12/h1-4,7,9,12,16H,5-6,8H2. The third kappa shape index (κ3) is 2.27. The maximum Gasteiger partial charge on any atom is 0.124 e. The van der Waals surface area contributed by atoms with Crippen molar-refractivity contribution in [2.45, 2.75) is 6.10 Å². The van der Waals surface area contributed by atoms with Crippen molar-refractivity contribution >= 4 is 32.8 Å². The summed E-state index contributed by atoms with van der Waals surface area (Å²) in [6.07, 6.45) is 0.108. The molecule has 1 aliphatic rings. The highest BCUT2D eigenvalue weighted by Gasteiger charge is 2.19. The van der Waals surface area contributed by atoms with Crippen LogP contribution in [-0.4, -0.2) is 24.7 Å². The van der Waals surface area contributed by atoms with Crippen LogP contribution in [0.2, 0.25) is 0 Å². The molecule has 2 aromatic heterocycles. The van der Waals surface area contributed by atoms with Gasteiger partial charge in [0, 0.05) is 23.2 Å². The monoisotopic (exact) mass is 302 g/mol.